The topological polar surface area (TPSA) is 38.9 Å². The van der Waals surface area contributed by atoms with Crippen molar-refractivity contribution in [3.05, 3.63) is 41.0 Å². The van der Waals surface area contributed by atoms with Gasteiger partial charge < -0.3 is 5.73 Å². The second-order valence-electron chi connectivity index (χ2n) is 5.19. The van der Waals surface area contributed by atoms with Crippen LogP contribution in [0.3, 0.4) is 0 Å². The van der Waals surface area contributed by atoms with Crippen molar-refractivity contribution in [2.75, 3.05) is 0 Å². The molecule has 0 spiro atoms. The highest BCUT2D eigenvalue weighted by Gasteiger charge is 2.22. The van der Waals surface area contributed by atoms with Gasteiger partial charge in [-0.1, -0.05) is 31.5 Å². The molecule has 0 aliphatic rings. The molecule has 0 bridgehead atoms. The van der Waals surface area contributed by atoms with Crippen molar-refractivity contribution in [1.82, 2.24) is 4.98 Å². The first-order valence-corrected chi connectivity index (χ1v) is 6.68. The Kier molecular flexibility index (Phi) is 3.88. The van der Waals surface area contributed by atoms with Gasteiger partial charge in [0.25, 0.3) is 0 Å². The molecule has 0 radical (unpaired) electrons. The zero-order valence-corrected chi connectivity index (χ0v) is 11.8. The van der Waals surface area contributed by atoms with Crippen molar-refractivity contribution in [3.8, 4) is 0 Å². The zero-order valence-electron chi connectivity index (χ0n) is 11.0. The number of nitrogens with zero attached hydrogens (tertiary/aromatic N) is 1. The lowest BCUT2D eigenvalue weighted by molar-refractivity contribution is 0.438. The molecule has 0 saturated heterocycles. The normalized spacial score (nSPS) is 15.0. The number of aromatic nitrogens is 1. The van der Waals surface area contributed by atoms with Crippen molar-refractivity contribution >= 4 is 22.5 Å². The maximum Gasteiger partial charge on any atom is 0.0719 e. The minimum Gasteiger partial charge on any atom is -0.327 e. The van der Waals surface area contributed by atoms with Crippen LogP contribution in [0.25, 0.3) is 10.9 Å². The highest BCUT2D eigenvalue weighted by Crippen LogP contribution is 2.32. The first-order chi connectivity index (χ1) is 8.50. The molecule has 96 valence electrons. The first kappa shape index (κ1) is 13.3. The van der Waals surface area contributed by atoms with E-state index in [1.807, 2.05) is 24.4 Å². The van der Waals surface area contributed by atoms with E-state index in [9.17, 15) is 0 Å². The minimum absolute atomic E-state index is 0.117. The molecule has 18 heavy (non-hydrogen) atoms. The van der Waals surface area contributed by atoms with Gasteiger partial charge in [-0.05, 0) is 36.6 Å². The lowest BCUT2D eigenvalue weighted by atomic mass is 9.82. The lowest BCUT2D eigenvalue weighted by Crippen LogP contribution is -2.28. The van der Waals surface area contributed by atoms with E-state index in [-0.39, 0.29) is 6.04 Å². The van der Waals surface area contributed by atoms with E-state index >= 15 is 0 Å². The van der Waals surface area contributed by atoms with Gasteiger partial charge in [0.05, 0.1) is 5.52 Å². The molecular formula is C15H19ClN2. The van der Waals surface area contributed by atoms with Gasteiger partial charge in [0.15, 0.2) is 0 Å². The van der Waals surface area contributed by atoms with E-state index in [0.29, 0.717) is 16.9 Å². The second-order valence-corrected chi connectivity index (χ2v) is 5.63. The molecule has 2 nitrogen and oxygen atoms in total. The predicted molar refractivity (Wildman–Crippen MR) is 78.0 cm³/mol. The second kappa shape index (κ2) is 5.25. The molecule has 0 aliphatic carbocycles. The Morgan fingerprint density at radius 1 is 1.17 bits per heavy atom. The van der Waals surface area contributed by atoms with Crippen molar-refractivity contribution in [2.24, 2.45) is 11.7 Å². The monoisotopic (exact) mass is 262 g/mol. The first-order valence-electron chi connectivity index (χ1n) is 6.30. The fraction of sp³-hybridized carbons (Fsp3) is 0.400. The summed E-state index contributed by atoms with van der Waals surface area (Å²) in [6.07, 6.45) is 1.84. The third kappa shape index (κ3) is 2.50. The molecule has 2 rings (SSSR count). The van der Waals surface area contributed by atoms with Gasteiger partial charge >= 0.3 is 0 Å². The Hall–Kier alpha value is -1.12. The van der Waals surface area contributed by atoms with Crippen molar-refractivity contribution < 1.29 is 0 Å². The van der Waals surface area contributed by atoms with Gasteiger partial charge in [-0.25, -0.2) is 0 Å². The summed E-state index contributed by atoms with van der Waals surface area (Å²) in [5.74, 6) is 0.822. The summed E-state index contributed by atoms with van der Waals surface area (Å²) >= 11 is 6.01. The van der Waals surface area contributed by atoms with E-state index in [1.54, 1.807) is 0 Å². The van der Waals surface area contributed by atoms with Gasteiger partial charge in [0.1, 0.15) is 0 Å². The molecule has 1 aromatic carbocycles. The van der Waals surface area contributed by atoms with E-state index in [2.05, 4.69) is 31.8 Å². The summed E-state index contributed by atoms with van der Waals surface area (Å²) in [6.45, 7) is 6.47. The summed E-state index contributed by atoms with van der Waals surface area (Å²) in [6, 6.07) is 8.04. The standard InChI is InChI=1S/C15H19ClN2/c1-9(2)15(10(3)17)13-6-7-18-14-8-11(16)4-5-12(13)14/h4-10,15H,17H2,1-3H3. The summed E-state index contributed by atoms with van der Waals surface area (Å²) in [5, 5.41) is 1.87. The van der Waals surface area contributed by atoms with Gasteiger partial charge in [0.2, 0.25) is 0 Å². The quantitative estimate of drug-likeness (QED) is 0.909. The van der Waals surface area contributed by atoms with Crippen LogP contribution in [0, 0.1) is 5.92 Å². The molecule has 2 unspecified atom stereocenters. The Labute approximate surface area is 113 Å². The van der Waals surface area contributed by atoms with Crippen LogP contribution in [0.5, 0.6) is 0 Å². The Morgan fingerprint density at radius 3 is 2.50 bits per heavy atom. The molecule has 2 N–H and O–H groups in total. The fourth-order valence-electron chi connectivity index (χ4n) is 2.68. The van der Waals surface area contributed by atoms with Crippen LogP contribution in [-0.2, 0) is 0 Å². The van der Waals surface area contributed by atoms with E-state index < -0.39 is 0 Å². The van der Waals surface area contributed by atoms with Crippen LogP contribution in [-0.4, -0.2) is 11.0 Å². The number of halogens is 1. The van der Waals surface area contributed by atoms with Crippen LogP contribution >= 0.6 is 11.6 Å². The number of hydrogen-bond acceptors (Lipinski definition) is 2. The summed E-state index contributed by atoms with van der Waals surface area (Å²) in [5.41, 5.74) is 8.35. The molecule has 0 amide bonds. The number of benzene rings is 1. The van der Waals surface area contributed by atoms with E-state index in [1.165, 1.54) is 5.56 Å². The number of hydrogen-bond donors (Lipinski definition) is 1. The van der Waals surface area contributed by atoms with Crippen LogP contribution in [0.2, 0.25) is 5.02 Å². The Morgan fingerprint density at radius 2 is 1.89 bits per heavy atom. The van der Waals surface area contributed by atoms with Crippen molar-refractivity contribution in [2.45, 2.75) is 32.7 Å². The van der Waals surface area contributed by atoms with Gasteiger partial charge in [-0.15, -0.1) is 0 Å². The third-order valence-corrected chi connectivity index (χ3v) is 3.62. The lowest BCUT2D eigenvalue weighted by Gasteiger charge is -2.26. The highest BCUT2D eigenvalue weighted by molar-refractivity contribution is 6.31. The molecule has 0 fully saturated rings. The largest absolute Gasteiger partial charge is 0.327 e. The molecule has 1 heterocycles. The Bertz CT molecular complexity index is 541. The van der Waals surface area contributed by atoms with Gasteiger partial charge in [-0.3, -0.25) is 4.98 Å². The number of pyridine rings is 1. The smallest absolute Gasteiger partial charge is 0.0719 e. The molecule has 3 heteroatoms. The predicted octanol–water partition coefficient (Wildman–Crippen LogP) is 3.98. The molecule has 0 saturated carbocycles. The summed E-state index contributed by atoms with van der Waals surface area (Å²) in [4.78, 5) is 4.38. The maximum absolute atomic E-state index is 6.14. The summed E-state index contributed by atoms with van der Waals surface area (Å²) < 4.78 is 0. The molecule has 2 aromatic rings. The average molecular weight is 263 g/mol. The van der Waals surface area contributed by atoms with Crippen molar-refractivity contribution in [3.63, 3.8) is 0 Å². The highest BCUT2D eigenvalue weighted by atomic mass is 35.5. The van der Waals surface area contributed by atoms with Crippen molar-refractivity contribution in [1.29, 1.82) is 0 Å². The van der Waals surface area contributed by atoms with Crippen LogP contribution in [0.1, 0.15) is 32.3 Å². The maximum atomic E-state index is 6.14. The van der Waals surface area contributed by atoms with Crippen LogP contribution in [0.15, 0.2) is 30.5 Å². The van der Waals surface area contributed by atoms with E-state index in [0.717, 1.165) is 10.9 Å². The average Bonchev–Trinajstić information content (AvgIpc) is 2.27. The fourth-order valence-corrected chi connectivity index (χ4v) is 2.85. The number of fused-ring (bicyclic) bond motifs is 1. The minimum atomic E-state index is 0.117. The Balaban J connectivity index is 2.63. The van der Waals surface area contributed by atoms with Gasteiger partial charge in [-0.2, -0.15) is 0 Å². The number of rotatable bonds is 3. The SMILES string of the molecule is CC(C)C(c1ccnc2cc(Cl)ccc12)C(C)N. The zero-order chi connectivity index (χ0) is 13.3. The van der Waals surface area contributed by atoms with E-state index in [4.69, 9.17) is 17.3 Å². The molecule has 0 aliphatic heterocycles. The molecular weight excluding hydrogens is 244 g/mol. The molecule has 2 atom stereocenters. The van der Waals surface area contributed by atoms with Crippen LogP contribution in [0.4, 0.5) is 0 Å². The summed E-state index contributed by atoms with van der Waals surface area (Å²) in [7, 11) is 0. The molecule has 1 aromatic heterocycles. The third-order valence-electron chi connectivity index (χ3n) is 3.38. The van der Waals surface area contributed by atoms with Crippen LogP contribution < -0.4 is 5.73 Å². The number of nitrogens with two attached hydrogens (primary N) is 1. The van der Waals surface area contributed by atoms with Gasteiger partial charge in [0, 0.05) is 28.6 Å².